The number of hydrazone groups is 1. The predicted octanol–water partition coefficient (Wildman–Crippen LogP) is 3.13. The Morgan fingerprint density at radius 3 is 2.41 bits per heavy atom. The van der Waals surface area contributed by atoms with Crippen molar-refractivity contribution in [1.82, 2.24) is 5.43 Å². The molecule has 0 atom stereocenters. The van der Waals surface area contributed by atoms with Gasteiger partial charge < -0.3 is 19.2 Å². The maximum Gasteiger partial charge on any atom is 0.379 e. The summed E-state index contributed by atoms with van der Waals surface area (Å²) in [5.74, 6) is -2.69. The van der Waals surface area contributed by atoms with Crippen LogP contribution >= 0.6 is 0 Å². The first-order valence-electron chi connectivity index (χ1n) is 9.22. The number of furan rings is 1. The summed E-state index contributed by atoms with van der Waals surface area (Å²) in [6, 6.07) is 12.6. The molecular formula is C22H18FN3O6. The molecule has 0 aliphatic rings. The lowest BCUT2D eigenvalue weighted by molar-refractivity contribution is -0.136. The summed E-state index contributed by atoms with van der Waals surface area (Å²) in [6.45, 7) is 1.60. The number of hydrogen-bond donors (Lipinski definition) is 2. The summed E-state index contributed by atoms with van der Waals surface area (Å²) in [4.78, 5) is 35.9. The van der Waals surface area contributed by atoms with Crippen LogP contribution in [0.25, 0.3) is 0 Å². The number of esters is 1. The zero-order valence-corrected chi connectivity index (χ0v) is 17.0. The van der Waals surface area contributed by atoms with Crippen LogP contribution < -0.4 is 20.2 Å². The molecule has 3 aromatic rings. The minimum absolute atomic E-state index is 0.0375. The van der Waals surface area contributed by atoms with E-state index >= 15 is 0 Å². The van der Waals surface area contributed by atoms with E-state index in [1.54, 1.807) is 25.1 Å². The SMILES string of the molecule is COc1cc(/C(C)=N/NC(=O)C(=O)Nc2ccc(F)cc2)ccc1OC(=O)c1ccco1. The average Bonchev–Trinajstić information content (AvgIpc) is 3.34. The minimum Gasteiger partial charge on any atom is -0.493 e. The Labute approximate surface area is 181 Å². The Balaban J connectivity index is 1.64. The van der Waals surface area contributed by atoms with Crippen molar-refractivity contribution < 1.29 is 32.7 Å². The molecule has 10 heteroatoms. The molecule has 1 heterocycles. The van der Waals surface area contributed by atoms with Crippen molar-refractivity contribution in [1.29, 1.82) is 0 Å². The van der Waals surface area contributed by atoms with Crippen LogP contribution in [0.4, 0.5) is 10.1 Å². The standard InChI is InChI=1S/C22H18FN3O6/c1-13(25-26-21(28)20(27)24-16-8-6-15(23)7-9-16)14-5-10-17(19(12-14)30-2)32-22(29)18-4-3-11-31-18/h3-12H,1-2H3,(H,24,27)(H,26,28)/b25-13+. The summed E-state index contributed by atoms with van der Waals surface area (Å²) in [6.07, 6.45) is 1.35. The van der Waals surface area contributed by atoms with E-state index in [1.165, 1.54) is 37.6 Å². The Bertz CT molecular complexity index is 1160. The minimum atomic E-state index is -1.01. The highest BCUT2D eigenvalue weighted by atomic mass is 19.1. The maximum absolute atomic E-state index is 12.9. The van der Waals surface area contributed by atoms with Crippen LogP contribution in [0.1, 0.15) is 23.0 Å². The van der Waals surface area contributed by atoms with Crippen LogP contribution in [0.3, 0.4) is 0 Å². The molecule has 0 bridgehead atoms. The Hall–Kier alpha value is -4.47. The van der Waals surface area contributed by atoms with Gasteiger partial charge in [-0.05, 0) is 61.5 Å². The molecule has 0 radical (unpaired) electrons. The molecule has 0 aliphatic heterocycles. The van der Waals surface area contributed by atoms with Crippen molar-refractivity contribution in [2.24, 2.45) is 5.10 Å². The van der Waals surface area contributed by atoms with Gasteiger partial charge in [0.1, 0.15) is 5.82 Å². The molecule has 0 aliphatic carbocycles. The van der Waals surface area contributed by atoms with E-state index in [2.05, 4.69) is 15.8 Å². The van der Waals surface area contributed by atoms with Crippen LogP contribution in [0.2, 0.25) is 0 Å². The average molecular weight is 439 g/mol. The number of rotatable bonds is 6. The molecule has 0 fully saturated rings. The highest BCUT2D eigenvalue weighted by molar-refractivity contribution is 6.39. The van der Waals surface area contributed by atoms with E-state index in [9.17, 15) is 18.8 Å². The van der Waals surface area contributed by atoms with Gasteiger partial charge in [-0.25, -0.2) is 14.6 Å². The number of amides is 2. The maximum atomic E-state index is 12.9. The Morgan fingerprint density at radius 1 is 1.00 bits per heavy atom. The van der Waals surface area contributed by atoms with Crippen LogP contribution in [-0.2, 0) is 9.59 Å². The van der Waals surface area contributed by atoms with Gasteiger partial charge in [-0.15, -0.1) is 0 Å². The number of halogens is 1. The first kappa shape index (κ1) is 22.2. The summed E-state index contributed by atoms with van der Waals surface area (Å²) >= 11 is 0. The van der Waals surface area contributed by atoms with Gasteiger partial charge in [-0.3, -0.25) is 9.59 Å². The van der Waals surface area contributed by atoms with Crippen LogP contribution in [0.15, 0.2) is 70.4 Å². The smallest absolute Gasteiger partial charge is 0.379 e. The lowest BCUT2D eigenvalue weighted by Crippen LogP contribution is -2.32. The molecule has 1 aromatic heterocycles. The molecule has 0 saturated carbocycles. The van der Waals surface area contributed by atoms with Gasteiger partial charge in [0.05, 0.1) is 19.1 Å². The molecule has 0 saturated heterocycles. The van der Waals surface area contributed by atoms with Gasteiger partial charge in [0.15, 0.2) is 11.5 Å². The van der Waals surface area contributed by atoms with E-state index in [0.717, 1.165) is 12.1 Å². The molecule has 2 N–H and O–H groups in total. The van der Waals surface area contributed by atoms with E-state index in [1.807, 2.05) is 0 Å². The van der Waals surface area contributed by atoms with Crippen molar-refractivity contribution in [3.63, 3.8) is 0 Å². The van der Waals surface area contributed by atoms with Crippen molar-refractivity contribution in [2.75, 3.05) is 12.4 Å². The number of benzene rings is 2. The van der Waals surface area contributed by atoms with Gasteiger partial charge >= 0.3 is 17.8 Å². The van der Waals surface area contributed by atoms with E-state index < -0.39 is 23.6 Å². The van der Waals surface area contributed by atoms with Crippen molar-refractivity contribution in [3.8, 4) is 11.5 Å². The molecule has 32 heavy (non-hydrogen) atoms. The zero-order chi connectivity index (χ0) is 23.1. The molecule has 2 aromatic carbocycles. The fourth-order valence-corrected chi connectivity index (χ4v) is 2.49. The fourth-order valence-electron chi connectivity index (χ4n) is 2.49. The predicted molar refractivity (Wildman–Crippen MR) is 112 cm³/mol. The molecule has 0 spiro atoms. The van der Waals surface area contributed by atoms with Gasteiger partial charge in [-0.1, -0.05) is 0 Å². The Morgan fingerprint density at radius 2 is 1.75 bits per heavy atom. The quantitative estimate of drug-likeness (QED) is 0.200. The first-order valence-corrected chi connectivity index (χ1v) is 9.22. The van der Waals surface area contributed by atoms with Crippen LogP contribution in [0, 0.1) is 5.82 Å². The second-order valence-electron chi connectivity index (χ2n) is 6.33. The molecule has 9 nitrogen and oxygen atoms in total. The fraction of sp³-hybridized carbons (Fsp3) is 0.0909. The van der Waals surface area contributed by atoms with Gasteiger partial charge in [0.2, 0.25) is 5.76 Å². The number of hydrogen-bond acceptors (Lipinski definition) is 7. The second kappa shape index (κ2) is 10.0. The number of carbonyl (C=O) groups is 3. The van der Waals surface area contributed by atoms with Gasteiger partial charge in [0, 0.05) is 11.3 Å². The number of carbonyl (C=O) groups excluding carboxylic acids is 3. The zero-order valence-electron chi connectivity index (χ0n) is 17.0. The molecule has 2 amide bonds. The number of ether oxygens (including phenoxy) is 2. The molecule has 3 rings (SSSR count). The third-order valence-electron chi connectivity index (χ3n) is 4.14. The summed E-state index contributed by atoms with van der Waals surface area (Å²) in [5.41, 5.74) is 3.30. The van der Waals surface area contributed by atoms with E-state index in [4.69, 9.17) is 13.9 Å². The van der Waals surface area contributed by atoms with Gasteiger partial charge in [0.25, 0.3) is 0 Å². The summed E-state index contributed by atoms with van der Waals surface area (Å²) in [5, 5.41) is 6.22. The first-order chi connectivity index (χ1) is 15.4. The number of nitrogens with one attached hydrogen (secondary N) is 2. The molecule has 0 unspecified atom stereocenters. The van der Waals surface area contributed by atoms with Crippen LogP contribution in [-0.4, -0.2) is 30.6 Å². The lowest BCUT2D eigenvalue weighted by atomic mass is 10.1. The largest absolute Gasteiger partial charge is 0.493 e. The summed E-state index contributed by atoms with van der Waals surface area (Å²) in [7, 11) is 1.40. The lowest BCUT2D eigenvalue weighted by Gasteiger charge is -2.10. The monoisotopic (exact) mass is 439 g/mol. The molecular weight excluding hydrogens is 421 g/mol. The van der Waals surface area contributed by atoms with Crippen molar-refractivity contribution >= 4 is 29.2 Å². The third kappa shape index (κ3) is 5.57. The van der Waals surface area contributed by atoms with E-state index in [0.29, 0.717) is 11.3 Å². The third-order valence-corrected chi connectivity index (χ3v) is 4.14. The normalized spacial score (nSPS) is 10.9. The topological polar surface area (TPSA) is 119 Å². The number of methoxy groups -OCH3 is 1. The Kier molecular flexibility index (Phi) is 6.96. The molecule has 164 valence electrons. The van der Waals surface area contributed by atoms with Crippen LogP contribution in [0.5, 0.6) is 11.5 Å². The van der Waals surface area contributed by atoms with Gasteiger partial charge in [-0.2, -0.15) is 5.10 Å². The highest BCUT2D eigenvalue weighted by Gasteiger charge is 2.16. The number of nitrogens with zero attached hydrogens (tertiary/aromatic N) is 1. The number of anilines is 1. The second-order valence-corrected chi connectivity index (χ2v) is 6.33. The highest BCUT2D eigenvalue weighted by Crippen LogP contribution is 2.29. The summed E-state index contributed by atoms with van der Waals surface area (Å²) < 4.78 is 28.4. The van der Waals surface area contributed by atoms with E-state index in [-0.39, 0.29) is 22.9 Å². The van der Waals surface area contributed by atoms with Crippen molar-refractivity contribution in [2.45, 2.75) is 6.92 Å². The van der Waals surface area contributed by atoms with Crippen molar-refractivity contribution in [3.05, 3.63) is 78.0 Å².